The zero-order chi connectivity index (χ0) is 18.8. The Morgan fingerprint density at radius 3 is 2.63 bits per heavy atom. The second kappa shape index (κ2) is 5.86. The molecule has 3 aliphatic heterocycles. The monoisotopic (exact) mass is 365 g/mol. The van der Waals surface area contributed by atoms with Gasteiger partial charge >= 0.3 is 0 Å². The molecule has 4 heterocycles. The van der Waals surface area contributed by atoms with Crippen LogP contribution in [-0.4, -0.2) is 40.5 Å². The van der Waals surface area contributed by atoms with Gasteiger partial charge in [-0.15, -0.1) is 0 Å². The molecule has 2 saturated heterocycles. The minimum Gasteiger partial charge on any atom is -0.479 e. The highest BCUT2D eigenvalue weighted by molar-refractivity contribution is 5.98. The lowest BCUT2D eigenvalue weighted by Crippen LogP contribution is -2.48. The normalized spacial score (nSPS) is 28.2. The summed E-state index contributed by atoms with van der Waals surface area (Å²) < 4.78 is 8.46. The van der Waals surface area contributed by atoms with Gasteiger partial charge in [0.15, 0.2) is 5.75 Å². The second-order valence-electron chi connectivity index (χ2n) is 8.72. The SMILES string of the molecule is CN1[C@@H]2CC[C@H]1CC(NC(=O)c1cccc3c1OC(C)(C)c1cccn1-3)C2. The third-order valence-electron chi connectivity index (χ3n) is 6.65. The summed E-state index contributed by atoms with van der Waals surface area (Å²) in [5, 5.41) is 3.30. The van der Waals surface area contributed by atoms with Crippen molar-refractivity contribution < 1.29 is 9.53 Å². The largest absolute Gasteiger partial charge is 0.479 e. The van der Waals surface area contributed by atoms with Gasteiger partial charge in [0, 0.05) is 24.3 Å². The quantitative estimate of drug-likeness (QED) is 0.887. The van der Waals surface area contributed by atoms with Crippen molar-refractivity contribution in [2.24, 2.45) is 0 Å². The van der Waals surface area contributed by atoms with E-state index in [-0.39, 0.29) is 11.9 Å². The fraction of sp³-hybridized carbons (Fsp3) is 0.500. The molecule has 1 N–H and O–H groups in total. The number of para-hydroxylation sites is 1. The number of piperidine rings is 1. The van der Waals surface area contributed by atoms with Crippen molar-refractivity contribution in [1.82, 2.24) is 14.8 Å². The highest BCUT2D eigenvalue weighted by Gasteiger charge is 2.40. The van der Waals surface area contributed by atoms with E-state index < -0.39 is 5.60 Å². The Morgan fingerprint density at radius 1 is 1.15 bits per heavy atom. The van der Waals surface area contributed by atoms with E-state index in [1.807, 2.05) is 44.3 Å². The van der Waals surface area contributed by atoms with Crippen molar-refractivity contribution in [1.29, 1.82) is 0 Å². The van der Waals surface area contributed by atoms with Crippen molar-refractivity contribution >= 4 is 5.91 Å². The van der Waals surface area contributed by atoms with Crippen molar-refractivity contribution in [3.63, 3.8) is 0 Å². The third kappa shape index (κ3) is 2.59. The first-order valence-electron chi connectivity index (χ1n) is 9.97. The van der Waals surface area contributed by atoms with Crippen molar-refractivity contribution in [3.05, 3.63) is 47.8 Å². The Kier molecular flexibility index (Phi) is 3.66. The standard InChI is InChI=1S/C22H27N3O2/c1-22(2)19-8-5-11-25(19)18-7-4-6-17(20(18)27-22)21(26)23-14-12-15-9-10-16(13-14)24(15)3/h4-8,11,14-16H,9-10,12-13H2,1-3H3,(H,23,26)/t14?,15-,16+. The molecule has 0 aliphatic carbocycles. The minimum absolute atomic E-state index is 0.0211. The zero-order valence-corrected chi connectivity index (χ0v) is 16.2. The van der Waals surface area contributed by atoms with Crippen LogP contribution in [0.1, 0.15) is 55.6 Å². The molecule has 3 atom stereocenters. The van der Waals surface area contributed by atoms with Crippen LogP contribution >= 0.6 is 0 Å². The fourth-order valence-electron chi connectivity index (χ4n) is 5.18. The number of amides is 1. The van der Waals surface area contributed by atoms with Crippen LogP contribution in [-0.2, 0) is 5.60 Å². The average molecular weight is 365 g/mol. The Hall–Kier alpha value is -2.27. The van der Waals surface area contributed by atoms with Crippen LogP contribution in [0.2, 0.25) is 0 Å². The molecule has 2 aromatic rings. The van der Waals surface area contributed by atoms with Gasteiger partial charge in [-0.2, -0.15) is 0 Å². The van der Waals surface area contributed by atoms with Crippen LogP contribution < -0.4 is 10.1 Å². The molecule has 3 aliphatic rings. The Morgan fingerprint density at radius 2 is 1.89 bits per heavy atom. The number of hydrogen-bond donors (Lipinski definition) is 1. The van der Waals surface area contributed by atoms with Crippen LogP contribution in [0, 0.1) is 0 Å². The first-order chi connectivity index (χ1) is 12.9. The van der Waals surface area contributed by atoms with Gasteiger partial charge in [0.05, 0.1) is 16.9 Å². The number of carbonyl (C=O) groups is 1. The molecule has 5 heteroatoms. The first kappa shape index (κ1) is 16.9. The van der Waals surface area contributed by atoms with Crippen LogP contribution in [0.25, 0.3) is 5.69 Å². The smallest absolute Gasteiger partial charge is 0.255 e. The van der Waals surface area contributed by atoms with E-state index in [9.17, 15) is 4.79 Å². The number of nitrogens with one attached hydrogen (secondary N) is 1. The zero-order valence-electron chi connectivity index (χ0n) is 16.2. The van der Waals surface area contributed by atoms with Gasteiger partial charge in [-0.05, 0) is 70.8 Å². The lowest BCUT2D eigenvalue weighted by Gasteiger charge is -2.37. The predicted molar refractivity (Wildman–Crippen MR) is 104 cm³/mol. The Balaban J connectivity index is 1.44. The minimum atomic E-state index is -0.473. The topological polar surface area (TPSA) is 46.5 Å². The number of benzene rings is 1. The summed E-state index contributed by atoms with van der Waals surface area (Å²) in [5.74, 6) is 0.659. The van der Waals surface area contributed by atoms with Crippen molar-refractivity contribution in [3.8, 4) is 11.4 Å². The maximum absolute atomic E-state index is 13.1. The molecule has 1 aromatic heterocycles. The van der Waals surface area contributed by atoms with E-state index in [2.05, 4.69) is 27.9 Å². The van der Waals surface area contributed by atoms with Gasteiger partial charge in [-0.3, -0.25) is 4.79 Å². The van der Waals surface area contributed by atoms with Crippen molar-refractivity contribution in [2.45, 2.75) is 63.3 Å². The summed E-state index contributed by atoms with van der Waals surface area (Å²) >= 11 is 0. The highest BCUT2D eigenvalue weighted by atomic mass is 16.5. The van der Waals surface area contributed by atoms with E-state index in [0.29, 0.717) is 23.4 Å². The summed E-state index contributed by atoms with van der Waals surface area (Å²) in [6, 6.07) is 11.4. The molecule has 27 heavy (non-hydrogen) atoms. The lowest BCUT2D eigenvalue weighted by atomic mass is 9.97. The van der Waals surface area contributed by atoms with Gasteiger partial charge < -0.3 is 19.5 Å². The molecule has 1 aromatic carbocycles. The number of rotatable bonds is 2. The number of carbonyl (C=O) groups excluding carboxylic acids is 1. The molecular weight excluding hydrogens is 338 g/mol. The fourth-order valence-corrected chi connectivity index (χ4v) is 5.18. The molecule has 1 amide bonds. The van der Waals surface area contributed by atoms with Gasteiger partial charge in [0.1, 0.15) is 5.60 Å². The van der Waals surface area contributed by atoms with Gasteiger partial charge in [-0.1, -0.05) is 6.07 Å². The van der Waals surface area contributed by atoms with Crippen molar-refractivity contribution in [2.75, 3.05) is 7.05 Å². The molecule has 0 spiro atoms. The number of hydrogen-bond acceptors (Lipinski definition) is 3. The van der Waals surface area contributed by atoms with E-state index in [4.69, 9.17) is 4.74 Å². The molecule has 1 unspecified atom stereocenters. The first-order valence-corrected chi connectivity index (χ1v) is 9.97. The number of ether oxygens (including phenoxy) is 1. The molecule has 5 nitrogen and oxygen atoms in total. The molecule has 2 fully saturated rings. The van der Waals surface area contributed by atoms with Crippen LogP contribution in [0.15, 0.2) is 36.5 Å². The summed E-state index contributed by atoms with van der Waals surface area (Å²) in [5.41, 5.74) is 2.19. The van der Waals surface area contributed by atoms with E-state index >= 15 is 0 Å². The summed E-state index contributed by atoms with van der Waals surface area (Å²) in [7, 11) is 2.22. The van der Waals surface area contributed by atoms with Crippen LogP contribution in [0.4, 0.5) is 0 Å². The van der Waals surface area contributed by atoms with E-state index in [1.54, 1.807) is 0 Å². The Labute approximate surface area is 160 Å². The van der Waals surface area contributed by atoms with Crippen LogP contribution in [0.5, 0.6) is 5.75 Å². The molecule has 142 valence electrons. The molecule has 0 saturated carbocycles. The van der Waals surface area contributed by atoms with Crippen LogP contribution in [0.3, 0.4) is 0 Å². The third-order valence-corrected chi connectivity index (χ3v) is 6.65. The number of nitrogens with zero attached hydrogens (tertiary/aromatic N) is 2. The number of fused-ring (bicyclic) bond motifs is 5. The Bertz CT molecular complexity index is 887. The lowest BCUT2D eigenvalue weighted by molar-refractivity contribution is 0.0810. The molecule has 0 radical (unpaired) electrons. The summed E-state index contributed by atoms with van der Waals surface area (Å²) in [4.78, 5) is 15.6. The predicted octanol–water partition coefficient (Wildman–Crippen LogP) is 3.46. The summed E-state index contributed by atoms with van der Waals surface area (Å²) in [6.45, 7) is 4.09. The van der Waals surface area contributed by atoms with E-state index in [0.717, 1.165) is 24.2 Å². The van der Waals surface area contributed by atoms with E-state index in [1.165, 1.54) is 12.8 Å². The van der Waals surface area contributed by atoms with Gasteiger partial charge in [0.25, 0.3) is 5.91 Å². The second-order valence-corrected chi connectivity index (χ2v) is 8.72. The van der Waals surface area contributed by atoms with Gasteiger partial charge in [0.2, 0.25) is 0 Å². The average Bonchev–Trinajstić information content (AvgIpc) is 3.18. The number of aromatic nitrogens is 1. The maximum atomic E-state index is 13.1. The highest BCUT2D eigenvalue weighted by Crippen LogP contribution is 2.41. The van der Waals surface area contributed by atoms with Gasteiger partial charge in [-0.25, -0.2) is 0 Å². The summed E-state index contributed by atoms with van der Waals surface area (Å²) in [6.07, 6.45) is 6.63. The molecule has 2 bridgehead atoms. The molecule has 5 rings (SSSR count). The maximum Gasteiger partial charge on any atom is 0.255 e. The molecular formula is C22H27N3O2.